The molecule has 94 valence electrons. The van der Waals surface area contributed by atoms with E-state index in [1.807, 2.05) is 20.8 Å². The monoisotopic (exact) mass is 301 g/mol. The molecule has 0 saturated carbocycles. The molecular formula is C13H17BrFNO. The van der Waals surface area contributed by atoms with E-state index in [0.29, 0.717) is 4.47 Å². The van der Waals surface area contributed by atoms with Crippen LogP contribution in [0.4, 0.5) is 4.39 Å². The first-order valence-electron chi connectivity index (χ1n) is 5.70. The zero-order valence-corrected chi connectivity index (χ0v) is 11.9. The number of nitrogens with one attached hydrogen (secondary N) is 1. The normalized spacial score (nSPS) is 11.4. The van der Waals surface area contributed by atoms with E-state index in [2.05, 4.69) is 21.2 Å². The van der Waals surface area contributed by atoms with Crippen LogP contribution < -0.4 is 5.32 Å². The lowest BCUT2D eigenvalue weighted by molar-refractivity contribution is 0.0896. The van der Waals surface area contributed by atoms with E-state index in [0.717, 1.165) is 12.8 Å². The molecule has 1 N–H and O–H groups in total. The van der Waals surface area contributed by atoms with E-state index < -0.39 is 5.82 Å². The topological polar surface area (TPSA) is 29.1 Å². The predicted octanol–water partition coefficient (Wildman–Crippen LogP) is 3.90. The van der Waals surface area contributed by atoms with Gasteiger partial charge in [-0.2, -0.15) is 0 Å². The molecule has 0 heterocycles. The lowest BCUT2D eigenvalue weighted by atomic mass is 9.95. The smallest absolute Gasteiger partial charge is 0.255 e. The molecule has 4 heteroatoms. The van der Waals surface area contributed by atoms with E-state index in [9.17, 15) is 9.18 Å². The fraction of sp³-hybridized carbons (Fsp3) is 0.462. The van der Waals surface area contributed by atoms with Crippen LogP contribution in [0, 0.1) is 5.82 Å². The second kappa shape index (κ2) is 5.63. The molecule has 0 spiro atoms. The number of halogens is 2. The summed E-state index contributed by atoms with van der Waals surface area (Å²) in [5.74, 6) is -0.882. The summed E-state index contributed by atoms with van der Waals surface area (Å²) >= 11 is 3.20. The largest absolute Gasteiger partial charge is 0.347 e. The molecule has 2 nitrogen and oxygen atoms in total. The van der Waals surface area contributed by atoms with Crippen molar-refractivity contribution in [2.45, 2.75) is 39.2 Å². The van der Waals surface area contributed by atoms with Gasteiger partial charge in [0.05, 0.1) is 5.56 Å². The lowest BCUT2D eigenvalue weighted by Gasteiger charge is -2.28. The van der Waals surface area contributed by atoms with Crippen LogP contribution in [-0.2, 0) is 0 Å². The second-order valence-corrected chi connectivity index (χ2v) is 5.17. The predicted molar refractivity (Wildman–Crippen MR) is 70.6 cm³/mol. The number of benzene rings is 1. The summed E-state index contributed by atoms with van der Waals surface area (Å²) in [7, 11) is 0. The minimum absolute atomic E-state index is 0.0700. The van der Waals surface area contributed by atoms with Crippen LogP contribution >= 0.6 is 15.9 Å². The Kier molecular flexibility index (Phi) is 4.69. The Bertz CT molecular complexity index is 396. The quantitative estimate of drug-likeness (QED) is 0.898. The van der Waals surface area contributed by atoms with Crippen LogP contribution in [0.5, 0.6) is 0 Å². The molecule has 0 atom stereocenters. The summed E-state index contributed by atoms with van der Waals surface area (Å²) in [6.45, 7) is 5.96. The van der Waals surface area contributed by atoms with Gasteiger partial charge in [-0.3, -0.25) is 4.79 Å². The van der Waals surface area contributed by atoms with E-state index in [1.54, 1.807) is 12.1 Å². The van der Waals surface area contributed by atoms with Crippen molar-refractivity contribution in [1.82, 2.24) is 5.32 Å². The average molecular weight is 302 g/mol. The van der Waals surface area contributed by atoms with Gasteiger partial charge in [0.1, 0.15) is 5.82 Å². The third kappa shape index (κ3) is 3.28. The first kappa shape index (κ1) is 14.2. The van der Waals surface area contributed by atoms with Crippen LogP contribution in [-0.4, -0.2) is 11.4 Å². The first-order chi connectivity index (χ1) is 7.93. The Morgan fingerprint density at radius 3 is 2.47 bits per heavy atom. The zero-order valence-electron chi connectivity index (χ0n) is 10.3. The molecule has 1 aromatic rings. The molecule has 1 aromatic carbocycles. The Labute approximate surface area is 110 Å². The van der Waals surface area contributed by atoms with Gasteiger partial charge in [0.2, 0.25) is 0 Å². The van der Waals surface area contributed by atoms with Gasteiger partial charge >= 0.3 is 0 Å². The zero-order chi connectivity index (χ0) is 13.1. The van der Waals surface area contributed by atoms with Crippen molar-refractivity contribution in [2.24, 2.45) is 0 Å². The van der Waals surface area contributed by atoms with Gasteiger partial charge in [0.25, 0.3) is 5.91 Å². The number of carbonyl (C=O) groups excluding carboxylic acids is 1. The Balaban J connectivity index is 2.98. The summed E-state index contributed by atoms with van der Waals surface area (Å²) in [5.41, 5.74) is -0.223. The highest BCUT2D eigenvalue weighted by Gasteiger charge is 2.25. The van der Waals surface area contributed by atoms with Gasteiger partial charge in [0.15, 0.2) is 0 Å². The van der Waals surface area contributed by atoms with Crippen LogP contribution in [0.15, 0.2) is 22.7 Å². The number of hydrogen-bond acceptors (Lipinski definition) is 1. The van der Waals surface area contributed by atoms with Gasteiger partial charge in [-0.05, 0) is 47.8 Å². The highest BCUT2D eigenvalue weighted by Crippen LogP contribution is 2.21. The fourth-order valence-corrected chi connectivity index (χ4v) is 2.00. The molecule has 0 aliphatic rings. The van der Waals surface area contributed by atoms with Gasteiger partial charge in [0, 0.05) is 10.0 Å². The molecule has 0 aliphatic carbocycles. The maximum Gasteiger partial charge on any atom is 0.255 e. The first-order valence-corrected chi connectivity index (χ1v) is 6.49. The summed E-state index contributed by atoms with van der Waals surface area (Å²) in [6.07, 6.45) is 1.61. The van der Waals surface area contributed by atoms with Gasteiger partial charge in [-0.1, -0.05) is 19.9 Å². The molecule has 0 radical (unpaired) electrons. The van der Waals surface area contributed by atoms with Crippen LogP contribution in [0.25, 0.3) is 0 Å². The van der Waals surface area contributed by atoms with Crippen LogP contribution in [0.3, 0.4) is 0 Å². The van der Waals surface area contributed by atoms with E-state index in [-0.39, 0.29) is 17.0 Å². The van der Waals surface area contributed by atoms with E-state index in [1.165, 1.54) is 6.07 Å². The van der Waals surface area contributed by atoms with Crippen molar-refractivity contribution in [1.29, 1.82) is 0 Å². The van der Waals surface area contributed by atoms with Crippen molar-refractivity contribution >= 4 is 21.8 Å². The molecule has 0 bridgehead atoms. The number of hydrogen-bond donors (Lipinski definition) is 1. The molecular weight excluding hydrogens is 285 g/mol. The number of amides is 1. The molecule has 0 saturated heterocycles. The maximum atomic E-state index is 13.6. The minimum Gasteiger partial charge on any atom is -0.347 e. The molecule has 0 unspecified atom stereocenters. The van der Waals surface area contributed by atoms with Gasteiger partial charge < -0.3 is 5.32 Å². The standard InChI is InChI=1S/C13H17BrFNO/c1-4-13(3,5-2)16-12(17)11-9(14)7-6-8-10(11)15/h6-8H,4-5H2,1-3H3,(H,16,17). The number of carbonyl (C=O) groups is 1. The van der Waals surface area contributed by atoms with Gasteiger partial charge in [-0.15, -0.1) is 0 Å². The molecule has 0 aliphatic heterocycles. The summed E-state index contributed by atoms with van der Waals surface area (Å²) in [4.78, 5) is 12.0. The highest BCUT2D eigenvalue weighted by atomic mass is 79.9. The molecule has 1 amide bonds. The highest BCUT2D eigenvalue weighted by molar-refractivity contribution is 9.10. The van der Waals surface area contributed by atoms with E-state index in [4.69, 9.17) is 0 Å². The summed E-state index contributed by atoms with van der Waals surface area (Å²) in [6, 6.07) is 4.51. The van der Waals surface area contributed by atoms with Crippen molar-refractivity contribution in [3.05, 3.63) is 34.1 Å². The van der Waals surface area contributed by atoms with Crippen LogP contribution in [0.2, 0.25) is 0 Å². The molecule has 0 fully saturated rings. The lowest BCUT2D eigenvalue weighted by Crippen LogP contribution is -2.45. The van der Waals surface area contributed by atoms with Crippen molar-refractivity contribution in [2.75, 3.05) is 0 Å². The Hall–Kier alpha value is -0.900. The average Bonchev–Trinajstić information content (AvgIpc) is 2.28. The molecule has 1 rings (SSSR count). The van der Waals surface area contributed by atoms with Gasteiger partial charge in [-0.25, -0.2) is 4.39 Å². The SMILES string of the molecule is CCC(C)(CC)NC(=O)c1c(F)cccc1Br. The maximum absolute atomic E-state index is 13.6. The van der Waals surface area contributed by atoms with Crippen LogP contribution in [0.1, 0.15) is 44.0 Å². The van der Waals surface area contributed by atoms with Crippen molar-refractivity contribution in [3.63, 3.8) is 0 Å². The molecule has 0 aromatic heterocycles. The van der Waals surface area contributed by atoms with E-state index >= 15 is 0 Å². The summed E-state index contributed by atoms with van der Waals surface area (Å²) in [5, 5.41) is 2.88. The third-order valence-electron chi connectivity index (χ3n) is 3.17. The second-order valence-electron chi connectivity index (χ2n) is 4.32. The Morgan fingerprint density at radius 1 is 1.41 bits per heavy atom. The number of rotatable bonds is 4. The van der Waals surface area contributed by atoms with Crippen molar-refractivity contribution in [3.8, 4) is 0 Å². The van der Waals surface area contributed by atoms with Crippen molar-refractivity contribution < 1.29 is 9.18 Å². The summed E-state index contributed by atoms with van der Waals surface area (Å²) < 4.78 is 14.1. The molecule has 17 heavy (non-hydrogen) atoms. The third-order valence-corrected chi connectivity index (χ3v) is 3.83. The minimum atomic E-state index is -0.508. The Morgan fingerprint density at radius 2 is 2.00 bits per heavy atom. The fourth-order valence-electron chi connectivity index (χ4n) is 1.48.